The van der Waals surface area contributed by atoms with Crippen molar-refractivity contribution in [2.75, 3.05) is 0 Å². The molecule has 2 N–H and O–H groups in total. The standard InChI is InChI=1S/C12H18O2/c1-8-9(7-13)11(14)6-5-10(8)12(2,3)4/h5-6,13-14H,7H2,1-4H3. The lowest BCUT2D eigenvalue weighted by Crippen LogP contribution is -2.14. The number of aliphatic hydroxyl groups is 1. The molecule has 0 atom stereocenters. The maximum absolute atomic E-state index is 9.52. The maximum atomic E-state index is 9.52. The molecule has 14 heavy (non-hydrogen) atoms. The zero-order valence-electron chi connectivity index (χ0n) is 9.26. The minimum Gasteiger partial charge on any atom is -0.508 e. The largest absolute Gasteiger partial charge is 0.508 e. The normalized spacial score (nSPS) is 11.8. The highest BCUT2D eigenvalue weighted by Crippen LogP contribution is 2.31. The Morgan fingerprint density at radius 2 is 1.79 bits per heavy atom. The lowest BCUT2D eigenvalue weighted by atomic mass is 9.82. The molecule has 1 rings (SSSR count). The lowest BCUT2D eigenvalue weighted by Gasteiger charge is -2.23. The van der Waals surface area contributed by atoms with Gasteiger partial charge in [-0.2, -0.15) is 0 Å². The molecule has 0 unspecified atom stereocenters. The van der Waals surface area contributed by atoms with Crippen molar-refractivity contribution in [1.82, 2.24) is 0 Å². The van der Waals surface area contributed by atoms with Crippen LogP contribution in [0.25, 0.3) is 0 Å². The molecule has 0 aliphatic heterocycles. The van der Waals surface area contributed by atoms with Gasteiger partial charge < -0.3 is 10.2 Å². The fourth-order valence-electron chi connectivity index (χ4n) is 1.75. The van der Waals surface area contributed by atoms with Crippen molar-refractivity contribution in [3.05, 3.63) is 28.8 Å². The quantitative estimate of drug-likeness (QED) is 0.721. The summed E-state index contributed by atoms with van der Waals surface area (Å²) in [5.41, 5.74) is 2.83. The topological polar surface area (TPSA) is 40.5 Å². The van der Waals surface area contributed by atoms with E-state index >= 15 is 0 Å². The van der Waals surface area contributed by atoms with Gasteiger partial charge in [0, 0.05) is 5.56 Å². The number of phenols is 1. The van der Waals surface area contributed by atoms with E-state index in [0.717, 1.165) is 5.56 Å². The van der Waals surface area contributed by atoms with Gasteiger partial charge in [0.25, 0.3) is 0 Å². The highest BCUT2D eigenvalue weighted by atomic mass is 16.3. The van der Waals surface area contributed by atoms with Crippen LogP contribution in [0, 0.1) is 6.92 Å². The molecule has 0 spiro atoms. The molecule has 0 aliphatic rings. The van der Waals surface area contributed by atoms with E-state index in [9.17, 15) is 5.11 Å². The zero-order valence-corrected chi connectivity index (χ0v) is 9.26. The lowest BCUT2D eigenvalue weighted by molar-refractivity contribution is 0.274. The van der Waals surface area contributed by atoms with Crippen LogP contribution in [0.1, 0.15) is 37.5 Å². The number of benzene rings is 1. The first-order chi connectivity index (χ1) is 6.38. The predicted octanol–water partition coefficient (Wildman–Crippen LogP) is 2.49. The molecule has 0 heterocycles. The summed E-state index contributed by atoms with van der Waals surface area (Å²) in [5, 5.41) is 18.7. The van der Waals surface area contributed by atoms with E-state index in [1.165, 1.54) is 5.56 Å². The van der Waals surface area contributed by atoms with Crippen LogP contribution in [0.2, 0.25) is 0 Å². The summed E-state index contributed by atoms with van der Waals surface area (Å²) in [5.74, 6) is 0.179. The van der Waals surface area contributed by atoms with Crippen LogP contribution in [0.15, 0.2) is 12.1 Å². The molecule has 1 aromatic rings. The fourth-order valence-corrected chi connectivity index (χ4v) is 1.75. The Hall–Kier alpha value is -1.02. The summed E-state index contributed by atoms with van der Waals surface area (Å²) >= 11 is 0. The Labute approximate surface area is 85.2 Å². The van der Waals surface area contributed by atoms with Crippen molar-refractivity contribution in [2.45, 2.75) is 39.7 Å². The van der Waals surface area contributed by atoms with Gasteiger partial charge in [0.15, 0.2) is 0 Å². The molecular weight excluding hydrogens is 176 g/mol. The van der Waals surface area contributed by atoms with Crippen LogP contribution in [0.3, 0.4) is 0 Å². The SMILES string of the molecule is Cc1c(C(C)(C)C)ccc(O)c1CO. The third-order valence-electron chi connectivity index (χ3n) is 2.54. The first-order valence-corrected chi connectivity index (χ1v) is 4.80. The molecular formula is C12H18O2. The van der Waals surface area contributed by atoms with E-state index in [1.54, 1.807) is 6.07 Å². The number of aromatic hydroxyl groups is 1. The third kappa shape index (κ3) is 1.90. The predicted molar refractivity (Wildman–Crippen MR) is 57.5 cm³/mol. The summed E-state index contributed by atoms with van der Waals surface area (Å²) in [6, 6.07) is 3.57. The molecule has 0 aromatic heterocycles. The zero-order chi connectivity index (χ0) is 10.9. The third-order valence-corrected chi connectivity index (χ3v) is 2.54. The molecule has 0 radical (unpaired) electrons. The molecule has 0 bridgehead atoms. The van der Waals surface area contributed by atoms with Crippen molar-refractivity contribution in [3.63, 3.8) is 0 Å². The number of aliphatic hydroxyl groups excluding tert-OH is 1. The van der Waals surface area contributed by atoms with Crippen LogP contribution in [-0.2, 0) is 12.0 Å². The summed E-state index contributed by atoms with van der Waals surface area (Å²) in [7, 11) is 0. The van der Waals surface area contributed by atoms with Gasteiger partial charge in [0.2, 0.25) is 0 Å². The van der Waals surface area contributed by atoms with E-state index in [-0.39, 0.29) is 17.8 Å². The van der Waals surface area contributed by atoms with Gasteiger partial charge in [0.1, 0.15) is 5.75 Å². The molecule has 0 aliphatic carbocycles. The Bertz CT molecular complexity index is 335. The molecule has 0 amide bonds. The van der Waals surface area contributed by atoms with Crippen molar-refractivity contribution < 1.29 is 10.2 Å². The average Bonchev–Trinajstić information content (AvgIpc) is 2.02. The van der Waals surface area contributed by atoms with Crippen LogP contribution in [0.5, 0.6) is 5.75 Å². The van der Waals surface area contributed by atoms with Crippen LogP contribution in [-0.4, -0.2) is 10.2 Å². The van der Waals surface area contributed by atoms with Gasteiger partial charge in [-0.15, -0.1) is 0 Å². The van der Waals surface area contributed by atoms with Gasteiger partial charge in [-0.3, -0.25) is 0 Å². The summed E-state index contributed by atoms with van der Waals surface area (Å²) in [4.78, 5) is 0. The smallest absolute Gasteiger partial charge is 0.121 e. The summed E-state index contributed by atoms with van der Waals surface area (Å²) in [6.45, 7) is 8.18. The van der Waals surface area contributed by atoms with E-state index in [2.05, 4.69) is 20.8 Å². The first kappa shape index (κ1) is 11.1. The Morgan fingerprint density at radius 1 is 1.21 bits per heavy atom. The second-order valence-corrected chi connectivity index (χ2v) is 4.64. The van der Waals surface area contributed by atoms with E-state index in [4.69, 9.17) is 5.11 Å². The molecule has 0 fully saturated rings. The fraction of sp³-hybridized carbons (Fsp3) is 0.500. The van der Waals surface area contributed by atoms with Crippen LogP contribution in [0.4, 0.5) is 0 Å². The molecule has 2 nitrogen and oxygen atoms in total. The van der Waals surface area contributed by atoms with Crippen molar-refractivity contribution in [3.8, 4) is 5.75 Å². The average molecular weight is 194 g/mol. The molecule has 2 heteroatoms. The number of hydrogen-bond acceptors (Lipinski definition) is 2. The number of rotatable bonds is 1. The summed E-state index contributed by atoms with van der Waals surface area (Å²) < 4.78 is 0. The Kier molecular flexibility index (Phi) is 2.86. The van der Waals surface area contributed by atoms with E-state index in [1.807, 2.05) is 13.0 Å². The monoisotopic (exact) mass is 194 g/mol. The minimum atomic E-state index is -0.110. The second kappa shape index (κ2) is 3.62. The van der Waals surface area contributed by atoms with E-state index in [0.29, 0.717) is 5.56 Å². The molecule has 78 valence electrons. The van der Waals surface area contributed by atoms with Gasteiger partial charge >= 0.3 is 0 Å². The van der Waals surface area contributed by atoms with Crippen molar-refractivity contribution >= 4 is 0 Å². The summed E-state index contributed by atoms with van der Waals surface area (Å²) in [6.07, 6.45) is 0. The van der Waals surface area contributed by atoms with Crippen LogP contribution < -0.4 is 0 Å². The van der Waals surface area contributed by atoms with Gasteiger partial charge in [-0.25, -0.2) is 0 Å². The van der Waals surface area contributed by atoms with Crippen molar-refractivity contribution in [1.29, 1.82) is 0 Å². The van der Waals surface area contributed by atoms with E-state index < -0.39 is 0 Å². The second-order valence-electron chi connectivity index (χ2n) is 4.64. The van der Waals surface area contributed by atoms with Gasteiger partial charge in [0.05, 0.1) is 6.61 Å². The minimum absolute atomic E-state index is 0.0434. The molecule has 0 saturated heterocycles. The van der Waals surface area contributed by atoms with Gasteiger partial charge in [-0.05, 0) is 29.5 Å². The molecule has 0 saturated carbocycles. The van der Waals surface area contributed by atoms with Gasteiger partial charge in [-0.1, -0.05) is 26.8 Å². The first-order valence-electron chi connectivity index (χ1n) is 4.80. The highest BCUT2D eigenvalue weighted by Gasteiger charge is 2.19. The van der Waals surface area contributed by atoms with Crippen LogP contribution >= 0.6 is 0 Å². The molecule has 1 aromatic carbocycles. The van der Waals surface area contributed by atoms with Crippen molar-refractivity contribution in [2.24, 2.45) is 0 Å². The Morgan fingerprint density at radius 3 is 2.21 bits per heavy atom. The highest BCUT2D eigenvalue weighted by molar-refractivity contribution is 5.45. The number of hydrogen-bond donors (Lipinski definition) is 2. The maximum Gasteiger partial charge on any atom is 0.121 e. The Balaban J connectivity index is 3.36.